The molecule has 0 atom stereocenters. The molecule has 0 saturated heterocycles. The Morgan fingerprint density at radius 3 is 1.04 bits per heavy atom. The SMILES string of the molecule is OB(O)O.[Li][c]1c(-c2cc(C(F)(F)F)ccc2C(F)(F)F)c(C(F)(F)F)c(OC(C)C)c(C(F)(F)F)c1-c1cc(C(F)(F)F)ccc1C(F)(F)F. The third-order valence-corrected chi connectivity index (χ3v) is 6.47. The zero-order chi connectivity index (χ0) is 40.0. The van der Waals surface area contributed by atoms with Gasteiger partial charge in [0.05, 0.1) is 0 Å². The first kappa shape index (κ1) is 43.9. The van der Waals surface area contributed by atoms with Gasteiger partial charge in [0.1, 0.15) is 0 Å². The summed E-state index contributed by atoms with van der Waals surface area (Å²) in [6, 6.07) is -2.20. The van der Waals surface area contributed by atoms with Crippen molar-refractivity contribution in [1.29, 1.82) is 0 Å². The molecule has 0 amide bonds. The van der Waals surface area contributed by atoms with Crippen LogP contribution in [0.25, 0.3) is 22.3 Å². The molecular formula is C27H16BF18LiO4. The van der Waals surface area contributed by atoms with Gasteiger partial charge in [-0.15, -0.1) is 0 Å². The maximum atomic E-state index is 14.7. The van der Waals surface area contributed by atoms with E-state index in [9.17, 15) is 79.0 Å². The van der Waals surface area contributed by atoms with E-state index in [-0.39, 0.29) is 42.0 Å². The molecule has 278 valence electrons. The minimum absolute atomic E-state index is 0.106. The Labute approximate surface area is 283 Å². The molecule has 4 nitrogen and oxygen atoms in total. The fourth-order valence-corrected chi connectivity index (χ4v) is 4.77. The van der Waals surface area contributed by atoms with E-state index in [0.717, 1.165) is 13.8 Å². The molecule has 0 aromatic heterocycles. The monoisotopic (exact) mass is 764 g/mol. The zero-order valence-corrected chi connectivity index (χ0v) is 25.2. The zero-order valence-electron chi connectivity index (χ0n) is 25.2. The Morgan fingerprint density at radius 1 is 0.529 bits per heavy atom. The van der Waals surface area contributed by atoms with Gasteiger partial charge in [0.2, 0.25) is 0 Å². The molecule has 3 rings (SSSR count). The van der Waals surface area contributed by atoms with Gasteiger partial charge >= 0.3 is 268 Å². The van der Waals surface area contributed by atoms with E-state index < -0.39 is 128 Å². The predicted molar refractivity (Wildman–Crippen MR) is 141 cm³/mol. The van der Waals surface area contributed by atoms with E-state index >= 15 is 0 Å². The summed E-state index contributed by atoms with van der Waals surface area (Å²) in [6.45, 7) is 1.58. The van der Waals surface area contributed by atoms with E-state index in [0.29, 0.717) is 0 Å². The second-order valence-corrected chi connectivity index (χ2v) is 10.5. The molecule has 3 aromatic carbocycles. The Morgan fingerprint density at radius 2 is 0.824 bits per heavy atom. The minimum atomic E-state index is -6.22. The molecule has 0 fully saturated rings. The van der Waals surface area contributed by atoms with Gasteiger partial charge in [-0.2, -0.15) is 0 Å². The average molecular weight is 764 g/mol. The summed E-state index contributed by atoms with van der Waals surface area (Å²) in [6.07, 6.45) is -37.0. The first-order valence-electron chi connectivity index (χ1n) is 13.2. The van der Waals surface area contributed by atoms with Gasteiger partial charge in [-0.1, -0.05) is 0 Å². The predicted octanol–water partition coefficient (Wildman–Crippen LogP) is 8.66. The quantitative estimate of drug-likeness (QED) is 0.184. The van der Waals surface area contributed by atoms with Crippen LogP contribution < -0.4 is 8.97 Å². The van der Waals surface area contributed by atoms with Crippen LogP contribution in [0.3, 0.4) is 0 Å². The number of hydrogen-bond acceptors (Lipinski definition) is 4. The number of hydrogen-bond donors (Lipinski definition) is 3. The van der Waals surface area contributed by atoms with Crippen molar-refractivity contribution in [2.75, 3.05) is 0 Å². The number of halogens is 18. The van der Waals surface area contributed by atoms with E-state index in [4.69, 9.17) is 19.8 Å². The summed E-state index contributed by atoms with van der Waals surface area (Å²) in [5.74, 6) is -2.48. The van der Waals surface area contributed by atoms with Crippen molar-refractivity contribution in [2.24, 2.45) is 0 Å². The second-order valence-electron chi connectivity index (χ2n) is 10.5. The van der Waals surface area contributed by atoms with Crippen molar-refractivity contribution in [2.45, 2.75) is 57.0 Å². The van der Waals surface area contributed by atoms with Crippen LogP contribution in [0.4, 0.5) is 79.0 Å². The van der Waals surface area contributed by atoms with Crippen LogP contribution in [-0.4, -0.2) is 46.2 Å². The Hall–Kier alpha value is -3.26. The fourth-order valence-electron chi connectivity index (χ4n) is 4.77. The maximum absolute atomic E-state index is 14.7. The Balaban J connectivity index is 0.00000213. The fraction of sp³-hybridized carbons (Fsp3) is 0.333. The van der Waals surface area contributed by atoms with Crippen molar-refractivity contribution < 1.29 is 98.8 Å². The van der Waals surface area contributed by atoms with Gasteiger partial charge < -0.3 is 15.1 Å². The van der Waals surface area contributed by atoms with E-state index in [1.165, 1.54) is 0 Å². The molecule has 0 bridgehead atoms. The van der Waals surface area contributed by atoms with Crippen molar-refractivity contribution in [3.05, 3.63) is 69.8 Å². The summed E-state index contributed by atoms with van der Waals surface area (Å²) in [5, 5.41) is 21.5. The topological polar surface area (TPSA) is 69.9 Å². The molecule has 51 heavy (non-hydrogen) atoms. The number of benzene rings is 3. The van der Waals surface area contributed by atoms with Crippen LogP contribution in [0.2, 0.25) is 0 Å². The van der Waals surface area contributed by atoms with E-state index in [1.54, 1.807) is 0 Å². The van der Waals surface area contributed by atoms with Crippen LogP contribution in [0.5, 0.6) is 5.75 Å². The summed E-state index contributed by atoms with van der Waals surface area (Å²) in [4.78, 5) is 0. The molecule has 0 spiro atoms. The summed E-state index contributed by atoms with van der Waals surface area (Å²) in [7, 11) is -2.17. The molecule has 0 aliphatic carbocycles. The van der Waals surface area contributed by atoms with Gasteiger partial charge in [-0.05, 0) is 0 Å². The van der Waals surface area contributed by atoms with Crippen LogP contribution in [0.1, 0.15) is 47.2 Å². The van der Waals surface area contributed by atoms with Gasteiger partial charge in [-0.25, -0.2) is 0 Å². The molecule has 0 aliphatic rings. The van der Waals surface area contributed by atoms with Gasteiger partial charge in [0.25, 0.3) is 0 Å². The van der Waals surface area contributed by atoms with Crippen LogP contribution in [0.15, 0.2) is 36.4 Å². The first-order chi connectivity index (χ1) is 22.6. The van der Waals surface area contributed by atoms with Crippen molar-refractivity contribution >= 4 is 29.3 Å². The normalized spacial score (nSPS) is 13.3. The molecular weight excluding hydrogens is 748 g/mol. The van der Waals surface area contributed by atoms with Crippen LogP contribution in [-0.2, 0) is 37.1 Å². The molecule has 0 radical (unpaired) electrons. The van der Waals surface area contributed by atoms with Crippen LogP contribution >= 0.6 is 0 Å². The van der Waals surface area contributed by atoms with Crippen molar-refractivity contribution in [3.63, 3.8) is 0 Å². The standard InChI is InChI=1S/C27H13F18O.BH3O3.Li/c1-10(2)46-21-19(26(40,41)42)15(13-7-11(22(28,29)30)3-5-17(13)24(34,35)36)9-16(20(21)27(43,44)45)14-8-12(23(31,32)33)4-6-18(14)25(37,38)39;2-1(3)4;/h3-8,10H,1-2H3;2-4H;. The number of ether oxygens (including phenoxy) is 1. The molecule has 0 aliphatic heterocycles. The van der Waals surface area contributed by atoms with Crippen molar-refractivity contribution in [1.82, 2.24) is 0 Å². The molecule has 0 saturated carbocycles. The summed E-state index contributed by atoms with van der Waals surface area (Å²) >= 11 is 0.106. The number of rotatable bonds is 4. The number of alkyl halides is 18. The molecule has 3 aromatic rings. The molecule has 0 heterocycles. The van der Waals surface area contributed by atoms with Gasteiger partial charge in [0.15, 0.2) is 0 Å². The molecule has 3 N–H and O–H groups in total. The molecule has 24 heteroatoms. The van der Waals surface area contributed by atoms with Gasteiger partial charge in [-0.3, -0.25) is 0 Å². The third-order valence-electron chi connectivity index (χ3n) is 6.47. The second kappa shape index (κ2) is 14.6. The Kier molecular flexibility index (Phi) is 12.6. The Bertz CT molecular complexity index is 1600. The summed E-state index contributed by atoms with van der Waals surface area (Å²) < 4.78 is 257. The van der Waals surface area contributed by atoms with Gasteiger partial charge in [0, 0.05) is 0 Å². The third kappa shape index (κ3) is 10.4. The average Bonchev–Trinajstić information content (AvgIpc) is 2.88. The summed E-state index contributed by atoms with van der Waals surface area (Å²) in [5.41, 5.74) is -22.8. The first-order valence-corrected chi connectivity index (χ1v) is 13.2. The van der Waals surface area contributed by atoms with E-state index in [2.05, 4.69) is 0 Å². The molecule has 0 unspecified atom stereocenters. The van der Waals surface area contributed by atoms with E-state index in [1.807, 2.05) is 0 Å². The van der Waals surface area contributed by atoms with Crippen LogP contribution in [0, 0.1) is 0 Å². The van der Waals surface area contributed by atoms with Crippen molar-refractivity contribution in [3.8, 4) is 28.0 Å².